The number of carboxylic acid groups (broad SMARTS) is 1. The Morgan fingerprint density at radius 2 is 1.71 bits per heavy atom. The number of ketones is 1. The Balaban J connectivity index is 1.54. The SMILES string of the molecule is Cc1cc(C)cc(NC(=O)Cc2ccc(OC3(C(=O)CSCC[C@@H](N)C(=O)O)CCCC3)cc2)c1. The summed E-state index contributed by atoms with van der Waals surface area (Å²) in [5.41, 5.74) is 8.53. The van der Waals surface area contributed by atoms with E-state index in [1.165, 1.54) is 11.8 Å². The van der Waals surface area contributed by atoms with Crippen LogP contribution < -0.4 is 15.8 Å². The number of aryl methyl sites for hydroxylation is 2. The number of Topliss-reactive ketones (excluding diaryl/α,β-unsaturated/α-hetero) is 1. The number of anilines is 1. The number of carboxylic acids is 1. The van der Waals surface area contributed by atoms with E-state index in [4.69, 9.17) is 15.6 Å². The van der Waals surface area contributed by atoms with Gasteiger partial charge in [0.1, 0.15) is 11.8 Å². The van der Waals surface area contributed by atoms with Gasteiger partial charge in [0, 0.05) is 5.69 Å². The van der Waals surface area contributed by atoms with Gasteiger partial charge < -0.3 is 20.9 Å². The first-order chi connectivity index (χ1) is 16.7. The second-order valence-corrected chi connectivity index (χ2v) is 10.4. The fourth-order valence-electron chi connectivity index (χ4n) is 4.35. The van der Waals surface area contributed by atoms with Gasteiger partial charge in [0.25, 0.3) is 0 Å². The Labute approximate surface area is 210 Å². The number of nitrogens with one attached hydrogen (secondary N) is 1. The third-order valence-corrected chi connectivity index (χ3v) is 7.14. The predicted octanol–water partition coefficient (Wildman–Crippen LogP) is 4.28. The summed E-state index contributed by atoms with van der Waals surface area (Å²) in [6.07, 6.45) is 3.75. The molecule has 4 N–H and O–H groups in total. The fraction of sp³-hybridized carbons (Fsp3) is 0.444. The van der Waals surface area contributed by atoms with Crippen LogP contribution in [0.25, 0.3) is 0 Å². The van der Waals surface area contributed by atoms with Crippen LogP contribution in [0.5, 0.6) is 5.75 Å². The number of ether oxygens (including phenoxy) is 1. The number of amides is 1. The van der Waals surface area contributed by atoms with Crippen LogP contribution in [0, 0.1) is 13.8 Å². The van der Waals surface area contributed by atoms with Gasteiger partial charge in [-0.3, -0.25) is 14.4 Å². The van der Waals surface area contributed by atoms with E-state index >= 15 is 0 Å². The zero-order valence-electron chi connectivity index (χ0n) is 20.3. The number of carbonyl (C=O) groups excluding carboxylic acids is 2. The number of aliphatic carboxylic acids is 1. The first-order valence-corrected chi connectivity index (χ1v) is 13.1. The Morgan fingerprint density at radius 3 is 2.31 bits per heavy atom. The molecule has 188 valence electrons. The molecule has 0 bridgehead atoms. The molecule has 7 nitrogen and oxygen atoms in total. The summed E-state index contributed by atoms with van der Waals surface area (Å²) in [5.74, 6) is 0.291. The van der Waals surface area contributed by atoms with Crippen LogP contribution in [0.1, 0.15) is 48.8 Å². The van der Waals surface area contributed by atoms with Crippen molar-refractivity contribution >= 4 is 35.1 Å². The van der Waals surface area contributed by atoms with E-state index in [1.807, 2.05) is 50.2 Å². The zero-order chi connectivity index (χ0) is 25.4. The normalized spacial score (nSPS) is 15.4. The molecule has 1 aliphatic rings. The fourth-order valence-corrected chi connectivity index (χ4v) is 5.37. The molecule has 0 unspecified atom stereocenters. The van der Waals surface area contributed by atoms with Crippen molar-refractivity contribution < 1.29 is 24.2 Å². The molecule has 1 fully saturated rings. The van der Waals surface area contributed by atoms with Gasteiger partial charge in [-0.15, -0.1) is 0 Å². The highest BCUT2D eigenvalue weighted by molar-refractivity contribution is 7.99. The summed E-state index contributed by atoms with van der Waals surface area (Å²) < 4.78 is 6.24. The second kappa shape index (κ2) is 12.2. The lowest BCUT2D eigenvalue weighted by atomic mass is 9.97. The Kier molecular flexibility index (Phi) is 9.34. The van der Waals surface area contributed by atoms with Crippen LogP contribution >= 0.6 is 11.8 Å². The van der Waals surface area contributed by atoms with E-state index in [-0.39, 0.29) is 23.9 Å². The topological polar surface area (TPSA) is 119 Å². The summed E-state index contributed by atoms with van der Waals surface area (Å²) in [4.78, 5) is 36.4. The summed E-state index contributed by atoms with van der Waals surface area (Å²) in [6, 6.07) is 12.4. The standard InChI is InChI=1S/C27H34N2O5S/c1-18-13-19(2)15-21(14-18)29-25(31)16-20-5-7-22(8-6-20)34-27(10-3-4-11-27)24(30)17-35-12-9-23(28)26(32)33/h5-8,13-15,23H,3-4,9-12,16-17,28H2,1-2H3,(H,29,31)(H,32,33)/t23-/m1/s1. The molecule has 1 saturated carbocycles. The third kappa shape index (κ3) is 7.83. The molecular formula is C27H34N2O5S. The van der Waals surface area contributed by atoms with Gasteiger partial charge in [0.15, 0.2) is 11.4 Å². The highest BCUT2D eigenvalue weighted by Crippen LogP contribution is 2.36. The number of hydrogen-bond donors (Lipinski definition) is 3. The lowest BCUT2D eigenvalue weighted by Gasteiger charge is -2.29. The van der Waals surface area contributed by atoms with Crippen molar-refractivity contribution in [1.29, 1.82) is 0 Å². The van der Waals surface area contributed by atoms with Crippen molar-refractivity contribution in [3.8, 4) is 5.75 Å². The minimum atomic E-state index is -1.03. The number of carbonyl (C=O) groups is 3. The summed E-state index contributed by atoms with van der Waals surface area (Å²) in [7, 11) is 0. The average molecular weight is 499 g/mol. The number of rotatable bonds is 12. The van der Waals surface area contributed by atoms with Crippen LogP contribution in [-0.4, -0.2) is 45.9 Å². The van der Waals surface area contributed by atoms with Gasteiger partial charge in [0.05, 0.1) is 12.2 Å². The Morgan fingerprint density at radius 1 is 1.09 bits per heavy atom. The largest absolute Gasteiger partial charge is 0.480 e. The van der Waals surface area contributed by atoms with Crippen molar-refractivity contribution in [2.45, 2.75) is 64.0 Å². The van der Waals surface area contributed by atoms with Crippen molar-refractivity contribution in [3.05, 3.63) is 59.2 Å². The minimum absolute atomic E-state index is 0.0285. The number of benzene rings is 2. The molecular weight excluding hydrogens is 464 g/mol. The van der Waals surface area contributed by atoms with Crippen molar-refractivity contribution in [2.75, 3.05) is 16.8 Å². The molecule has 2 aromatic carbocycles. The van der Waals surface area contributed by atoms with Gasteiger partial charge in [-0.25, -0.2) is 0 Å². The van der Waals surface area contributed by atoms with E-state index < -0.39 is 17.6 Å². The minimum Gasteiger partial charge on any atom is -0.480 e. The summed E-state index contributed by atoms with van der Waals surface area (Å²) >= 11 is 1.40. The maximum atomic E-state index is 13.0. The molecule has 0 radical (unpaired) electrons. The van der Waals surface area contributed by atoms with Crippen LogP contribution in [0.3, 0.4) is 0 Å². The third-order valence-electron chi connectivity index (χ3n) is 6.15. The molecule has 8 heteroatoms. The maximum absolute atomic E-state index is 13.0. The molecule has 1 amide bonds. The first-order valence-electron chi connectivity index (χ1n) is 11.9. The lowest BCUT2D eigenvalue weighted by Crippen LogP contribution is -2.43. The monoisotopic (exact) mass is 498 g/mol. The van der Waals surface area contributed by atoms with E-state index in [2.05, 4.69) is 11.4 Å². The average Bonchev–Trinajstić information content (AvgIpc) is 3.26. The molecule has 0 aromatic heterocycles. The quantitative estimate of drug-likeness (QED) is 0.374. The van der Waals surface area contributed by atoms with E-state index in [0.717, 1.165) is 35.2 Å². The number of thioether (sulfide) groups is 1. The van der Waals surface area contributed by atoms with Crippen LogP contribution in [-0.2, 0) is 20.8 Å². The predicted molar refractivity (Wildman–Crippen MR) is 139 cm³/mol. The molecule has 1 aliphatic carbocycles. The molecule has 2 aromatic rings. The van der Waals surface area contributed by atoms with Gasteiger partial charge in [-0.1, -0.05) is 18.2 Å². The highest BCUT2D eigenvalue weighted by Gasteiger charge is 2.42. The molecule has 0 heterocycles. The molecule has 35 heavy (non-hydrogen) atoms. The van der Waals surface area contributed by atoms with E-state index in [9.17, 15) is 14.4 Å². The van der Waals surface area contributed by atoms with Crippen molar-refractivity contribution in [3.63, 3.8) is 0 Å². The first kappa shape index (κ1) is 26.8. The van der Waals surface area contributed by atoms with Gasteiger partial charge in [-0.05, 0) is 92.7 Å². The smallest absolute Gasteiger partial charge is 0.320 e. The van der Waals surface area contributed by atoms with Gasteiger partial charge in [-0.2, -0.15) is 11.8 Å². The van der Waals surface area contributed by atoms with E-state index in [0.29, 0.717) is 30.8 Å². The maximum Gasteiger partial charge on any atom is 0.320 e. The Hall–Kier alpha value is -2.84. The number of hydrogen-bond acceptors (Lipinski definition) is 6. The molecule has 0 spiro atoms. The van der Waals surface area contributed by atoms with E-state index in [1.54, 1.807) is 0 Å². The van der Waals surface area contributed by atoms with Crippen LogP contribution in [0.2, 0.25) is 0 Å². The van der Waals surface area contributed by atoms with Gasteiger partial charge in [0.2, 0.25) is 5.91 Å². The lowest BCUT2D eigenvalue weighted by molar-refractivity contribution is -0.138. The Bertz CT molecular complexity index is 1030. The summed E-state index contributed by atoms with van der Waals surface area (Å²) in [5, 5.41) is 11.8. The van der Waals surface area contributed by atoms with Crippen LogP contribution in [0.15, 0.2) is 42.5 Å². The van der Waals surface area contributed by atoms with Crippen molar-refractivity contribution in [2.24, 2.45) is 5.73 Å². The second-order valence-electron chi connectivity index (χ2n) is 9.26. The summed E-state index contributed by atoms with van der Waals surface area (Å²) in [6.45, 7) is 3.99. The number of nitrogens with two attached hydrogens (primary N) is 1. The molecule has 0 saturated heterocycles. The highest BCUT2D eigenvalue weighted by atomic mass is 32.2. The molecule has 3 rings (SSSR count). The van der Waals surface area contributed by atoms with Crippen molar-refractivity contribution in [1.82, 2.24) is 0 Å². The van der Waals surface area contributed by atoms with Crippen LogP contribution in [0.4, 0.5) is 5.69 Å². The molecule has 1 atom stereocenters. The molecule has 0 aliphatic heterocycles. The van der Waals surface area contributed by atoms with Gasteiger partial charge >= 0.3 is 5.97 Å². The zero-order valence-corrected chi connectivity index (χ0v) is 21.2.